The summed E-state index contributed by atoms with van der Waals surface area (Å²) in [7, 11) is 3.13. The first kappa shape index (κ1) is 12.5. The van der Waals surface area contributed by atoms with E-state index in [4.69, 9.17) is 13.9 Å². The summed E-state index contributed by atoms with van der Waals surface area (Å²) >= 11 is 0. The predicted molar refractivity (Wildman–Crippen MR) is 67.1 cm³/mol. The van der Waals surface area contributed by atoms with Gasteiger partial charge in [0, 0.05) is 0 Å². The van der Waals surface area contributed by atoms with Gasteiger partial charge in [0.25, 0.3) is 0 Å². The Hall–Kier alpha value is -1.94. The van der Waals surface area contributed by atoms with Crippen LogP contribution < -0.4 is 9.47 Å². The Kier molecular flexibility index (Phi) is 3.58. The van der Waals surface area contributed by atoms with Crippen molar-refractivity contribution < 1.29 is 19.0 Å². The van der Waals surface area contributed by atoms with Gasteiger partial charge in [0.15, 0.2) is 11.5 Å². The lowest BCUT2D eigenvalue weighted by atomic mass is 10.1. The molecule has 0 saturated carbocycles. The van der Waals surface area contributed by atoms with Gasteiger partial charge in [-0.3, -0.25) is 0 Å². The molecule has 1 N–H and O–H groups in total. The van der Waals surface area contributed by atoms with E-state index in [9.17, 15) is 5.11 Å². The molecule has 0 saturated heterocycles. The quantitative estimate of drug-likeness (QED) is 0.903. The number of furan rings is 1. The molecule has 0 radical (unpaired) electrons. The molecule has 0 bridgehead atoms. The standard InChI is InChI=1S/C14H16O4/c1-9-4-6-12(18-9)14(15)10-5-7-11(16-2)13(8-10)17-3/h4-8,14-15H,1-3H3/t14-/m1/s1. The van der Waals surface area contributed by atoms with Gasteiger partial charge >= 0.3 is 0 Å². The van der Waals surface area contributed by atoms with Crippen LogP contribution in [-0.2, 0) is 0 Å². The van der Waals surface area contributed by atoms with Crippen molar-refractivity contribution >= 4 is 0 Å². The van der Waals surface area contributed by atoms with E-state index in [1.165, 1.54) is 0 Å². The molecule has 1 atom stereocenters. The first-order valence-electron chi connectivity index (χ1n) is 5.62. The van der Waals surface area contributed by atoms with E-state index in [0.717, 1.165) is 5.76 Å². The van der Waals surface area contributed by atoms with Crippen LogP contribution in [0.5, 0.6) is 11.5 Å². The molecule has 1 aromatic carbocycles. The van der Waals surface area contributed by atoms with Crippen LogP contribution >= 0.6 is 0 Å². The summed E-state index contributed by atoms with van der Waals surface area (Å²) in [4.78, 5) is 0. The van der Waals surface area contributed by atoms with Gasteiger partial charge in [0.05, 0.1) is 14.2 Å². The number of benzene rings is 1. The average Bonchev–Trinajstić information content (AvgIpc) is 2.83. The zero-order chi connectivity index (χ0) is 13.1. The topological polar surface area (TPSA) is 51.8 Å². The maximum Gasteiger partial charge on any atom is 0.161 e. The highest BCUT2D eigenvalue weighted by Crippen LogP contribution is 2.32. The second-order valence-electron chi connectivity index (χ2n) is 3.97. The smallest absolute Gasteiger partial charge is 0.161 e. The van der Waals surface area contributed by atoms with Crippen molar-refractivity contribution in [2.45, 2.75) is 13.0 Å². The third-order valence-electron chi connectivity index (χ3n) is 2.75. The highest BCUT2D eigenvalue weighted by molar-refractivity contribution is 5.44. The minimum Gasteiger partial charge on any atom is -0.493 e. The Morgan fingerprint density at radius 2 is 1.78 bits per heavy atom. The van der Waals surface area contributed by atoms with Crippen LogP contribution in [0, 0.1) is 6.92 Å². The molecule has 1 aromatic heterocycles. The number of rotatable bonds is 4. The average molecular weight is 248 g/mol. The highest BCUT2D eigenvalue weighted by atomic mass is 16.5. The molecule has 4 nitrogen and oxygen atoms in total. The van der Waals surface area contributed by atoms with Crippen LogP contribution in [0.3, 0.4) is 0 Å². The second-order valence-corrected chi connectivity index (χ2v) is 3.97. The molecule has 0 unspecified atom stereocenters. The zero-order valence-corrected chi connectivity index (χ0v) is 10.6. The minimum absolute atomic E-state index is 0.514. The zero-order valence-electron chi connectivity index (χ0n) is 10.6. The van der Waals surface area contributed by atoms with E-state index in [1.54, 1.807) is 38.5 Å². The molecule has 4 heteroatoms. The molecule has 0 aliphatic heterocycles. The lowest BCUT2D eigenvalue weighted by Crippen LogP contribution is -1.99. The first-order chi connectivity index (χ1) is 8.65. The monoisotopic (exact) mass is 248 g/mol. The number of aliphatic hydroxyl groups excluding tert-OH is 1. The SMILES string of the molecule is COc1ccc([C@@H](O)c2ccc(C)o2)cc1OC. The van der Waals surface area contributed by atoms with Crippen molar-refractivity contribution in [2.24, 2.45) is 0 Å². The minimum atomic E-state index is -0.807. The van der Waals surface area contributed by atoms with Gasteiger partial charge in [-0.1, -0.05) is 6.07 Å². The summed E-state index contributed by atoms with van der Waals surface area (Å²) in [5.41, 5.74) is 0.696. The molecule has 0 spiro atoms. The van der Waals surface area contributed by atoms with Crippen LogP contribution in [-0.4, -0.2) is 19.3 Å². The largest absolute Gasteiger partial charge is 0.493 e. The summed E-state index contributed by atoms with van der Waals surface area (Å²) in [6, 6.07) is 8.86. The Labute approximate surface area is 106 Å². The molecule has 0 aliphatic carbocycles. The van der Waals surface area contributed by atoms with E-state index < -0.39 is 6.10 Å². The summed E-state index contributed by atoms with van der Waals surface area (Å²) in [6.07, 6.45) is -0.807. The molecule has 0 aliphatic rings. The van der Waals surface area contributed by atoms with Crippen LogP contribution in [0.2, 0.25) is 0 Å². The number of methoxy groups -OCH3 is 2. The van der Waals surface area contributed by atoms with Crippen molar-refractivity contribution in [3.63, 3.8) is 0 Å². The van der Waals surface area contributed by atoms with Gasteiger partial charge < -0.3 is 19.0 Å². The molecular weight excluding hydrogens is 232 g/mol. The van der Waals surface area contributed by atoms with Crippen LogP contribution in [0.4, 0.5) is 0 Å². The predicted octanol–water partition coefficient (Wildman–Crippen LogP) is 2.69. The summed E-state index contributed by atoms with van der Waals surface area (Å²) < 4.78 is 15.8. The fourth-order valence-corrected chi connectivity index (χ4v) is 1.79. The normalized spacial score (nSPS) is 12.2. The Balaban J connectivity index is 2.33. The number of aryl methyl sites for hydroxylation is 1. The van der Waals surface area contributed by atoms with Gasteiger partial charge in [-0.25, -0.2) is 0 Å². The number of hydrogen-bond acceptors (Lipinski definition) is 4. The summed E-state index contributed by atoms with van der Waals surface area (Å²) in [5.74, 6) is 2.49. The molecule has 18 heavy (non-hydrogen) atoms. The Bertz CT molecular complexity index is 530. The van der Waals surface area contributed by atoms with Crippen molar-refractivity contribution in [3.05, 3.63) is 47.4 Å². The van der Waals surface area contributed by atoms with Gasteiger partial charge in [-0.05, 0) is 36.8 Å². The molecular formula is C14H16O4. The maximum absolute atomic E-state index is 10.2. The van der Waals surface area contributed by atoms with Gasteiger partial charge in [0.1, 0.15) is 17.6 Å². The number of hydrogen-bond donors (Lipinski definition) is 1. The first-order valence-corrected chi connectivity index (χ1v) is 5.62. The maximum atomic E-state index is 10.2. The molecule has 0 amide bonds. The molecule has 1 heterocycles. The van der Waals surface area contributed by atoms with Crippen LogP contribution in [0.25, 0.3) is 0 Å². The highest BCUT2D eigenvalue weighted by Gasteiger charge is 2.16. The second kappa shape index (κ2) is 5.14. The third kappa shape index (κ3) is 2.33. The van der Waals surface area contributed by atoms with Gasteiger partial charge in [0.2, 0.25) is 0 Å². The van der Waals surface area contributed by atoms with E-state index >= 15 is 0 Å². The fraction of sp³-hybridized carbons (Fsp3) is 0.286. The summed E-state index contributed by atoms with van der Waals surface area (Å²) in [5, 5.41) is 10.2. The van der Waals surface area contributed by atoms with Crippen molar-refractivity contribution in [2.75, 3.05) is 14.2 Å². The molecule has 96 valence electrons. The Morgan fingerprint density at radius 1 is 1.06 bits per heavy atom. The summed E-state index contributed by atoms with van der Waals surface area (Å²) in [6.45, 7) is 1.84. The third-order valence-corrected chi connectivity index (χ3v) is 2.75. The fourth-order valence-electron chi connectivity index (χ4n) is 1.79. The van der Waals surface area contributed by atoms with Crippen LogP contribution in [0.15, 0.2) is 34.7 Å². The number of ether oxygens (including phenoxy) is 2. The lowest BCUT2D eigenvalue weighted by molar-refractivity contribution is 0.187. The van der Waals surface area contributed by atoms with Crippen molar-refractivity contribution in [3.8, 4) is 11.5 Å². The van der Waals surface area contributed by atoms with E-state index in [2.05, 4.69) is 0 Å². The van der Waals surface area contributed by atoms with Crippen molar-refractivity contribution in [1.82, 2.24) is 0 Å². The van der Waals surface area contributed by atoms with E-state index in [1.807, 2.05) is 13.0 Å². The van der Waals surface area contributed by atoms with Gasteiger partial charge in [-0.15, -0.1) is 0 Å². The van der Waals surface area contributed by atoms with E-state index in [-0.39, 0.29) is 0 Å². The molecule has 0 fully saturated rings. The lowest BCUT2D eigenvalue weighted by Gasteiger charge is -2.12. The molecule has 2 aromatic rings. The van der Waals surface area contributed by atoms with Gasteiger partial charge in [-0.2, -0.15) is 0 Å². The van der Waals surface area contributed by atoms with Crippen molar-refractivity contribution in [1.29, 1.82) is 0 Å². The van der Waals surface area contributed by atoms with Crippen LogP contribution in [0.1, 0.15) is 23.2 Å². The number of aliphatic hydroxyl groups is 1. The molecule has 2 rings (SSSR count). The van der Waals surface area contributed by atoms with E-state index in [0.29, 0.717) is 22.8 Å². The Morgan fingerprint density at radius 3 is 2.33 bits per heavy atom.